The molecule has 0 aliphatic carbocycles. The molecule has 4 rings (SSSR count). The van der Waals surface area contributed by atoms with Crippen molar-refractivity contribution in [3.05, 3.63) is 59.1 Å². The fourth-order valence-electron chi connectivity index (χ4n) is 4.40. The predicted molar refractivity (Wildman–Crippen MR) is 127 cm³/mol. The smallest absolute Gasteiger partial charge is 0.295 e. The number of nitrogens with zero attached hydrogens (tertiary/aromatic N) is 2. The van der Waals surface area contributed by atoms with Gasteiger partial charge in [-0.25, -0.2) is 0 Å². The average molecular weight is 469 g/mol. The van der Waals surface area contributed by atoms with E-state index in [0.29, 0.717) is 55.6 Å². The van der Waals surface area contributed by atoms with Gasteiger partial charge in [0.25, 0.3) is 11.7 Å². The highest BCUT2D eigenvalue weighted by Crippen LogP contribution is 2.40. The molecule has 1 unspecified atom stereocenters. The standard InChI is InChI=1S/C26H32N2O6/c1-3-14-33-20-7-4-6-19(17-20)24(29)22-23(21-9-8-18(2)34-21)28(26(31)25(22)30)11-5-10-27-12-15-32-16-13-27/h4,6-9,17,23,29H,3,5,10-16H2,1-2H3. The van der Waals surface area contributed by atoms with E-state index < -0.39 is 17.7 Å². The number of aryl methyl sites for hydroxylation is 1. The van der Waals surface area contributed by atoms with Crippen LogP contribution in [0.25, 0.3) is 5.76 Å². The van der Waals surface area contributed by atoms with Crippen molar-refractivity contribution >= 4 is 17.4 Å². The first-order chi connectivity index (χ1) is 16.5. The molecule has 8 nitrogen and oxygen atoms in total. The Kier molecular flexibility index (Phi) is 7.70. The third kappa shape index (κ3) is 5.18. The minimum Gasteiger partial charge on any atom is -0.507 e. The minimum atomic E-state index is -0.779. The third-order valence-corrected chi connectivity index (χ3v) is 6.13. The number of ketones is 1. The van der Waals surface area contributed by atoms with Crippen LogP contribution in [-0.4, -0.2) is 72.6 Å². The molecule has 34 heavy (non-hydrogen) atoms. The van der Waals surface area contributed by atoms with Gasteiger partial charge in [-0.2, -0.15) is 0 Å². The number of hydrogen-bond donors (Lipinski definition) is 1. The molecule has 1 aromatic carbocycles. The Morgan fingerprint density at radius 1 is 1.15 bits per heavy atom. The Hall–Kier alpha value is -3.10. The molecule has 1 atom stereocenters. The number of ether oxygens (including phenoxy) is 2. The maximum Gasteiger partial charge on any atom is 0.295 e. The molecule has 1 amide bonds. The summed E-state index contributed by atoms with van der Waals surface area (Å²) in [4.78, 5) is 30.0. The average Bonchev–Trinajstić information content (AvgIpc) is 3.39. The molecule has 2 aliphatic heterocycles. The fraction of sp³-hybridized carbons (Fsp3) is 0.462. The molecule has 1 aromatic heterocycles. The lowest BCUT2D eigenvalue weighted by molar-refractivity contribution is -0.140. The Morgan fingerprint density at radius 2 is 1.94 bits per heavy atom. The van der Waals surface area contributed by atoms with Crippen molar-refractivity contribution in [3.63, 3.8) is 0 Å². The van der Waals surface area contributed by atoms with Gasteiger partial charge >= 0.3 is 0 Å². The summed E-state index contributed by atoms with van der Waals surface area (Å²) in [6.07, 6.45) is 1.55. The Morgan fingerprint density at radius 3 is 2.65 bits per heavy atom. The highest BCUT2D eigenvalue weighted by Gasteiger charge is 2.47. The highest BCUT2D eigenvalue weighted by atomic mass is 16.5. The molecule has 2 fully saturated rings. The van der Waals surface area contributed by atoms with Crippen molar-refractivity contribution in [2.24, 2.45) is 0 Å². The number of carbonyl (C=O) groups is 2. The molecular weight excluding hydrogens is 436 g/mol. The lowest BCUT2D eigenvalue weighted by atomic mass is 9.99. The summed E-state index contributed by atoms with van der Waals surface area (Å²) >= 11 is 0. The number of benzene rings is 1. The van der Waals surface area contributed by atoms with Crippen LogP contribution in [0.2, 0.25) is 0 Å². The number of rotatable bonds is 9. The Balaban J connectivity index is 1.63. The monoisotopic (exact) mass is 468 g/mol. The van der Waals surface area contributed by atoms with E-state index in [4.69, 9.17) is 13.9 Å². The van der Waals surface area contributed by atoms with Crippen LogP contribution in [0.15, 0.2) is 46.4 Å². The molecule has 0 radical (unpaired) electrons. The molecule has 2 saturated heterocycles. The van der Waals surface area contributed by atoms with Gasteiger partial charge in [-0.1, -0.05) is 19.1 Å². The van der Waals surface area contributed by atoms with Gasteiger partial charge in [-0.15, -0.1) is 0 Å². The number of morpholine rings is 1. The SMILES string of the molecule is CCCOc1cccc(C(O)=C2C(=O)C(=O)N(CCCN3CCOCC3)C2c2ccc(C)o2)c1. The van der Waals surface area contributed by atoms with Crippen molar-refractivity contribution in [2.75, 3.05) is 46.0 Å². The van der Waals surface area contributed by atoms with Crippen LogP contribution in [-0.2, 0) is 14.3 Å². The molecule has 2 aromatic rings. The first-order valence-corrected chi connectivity index (χ1v) is 11.9. The summed E-state index contributed by atoms with van der Waals surface area (Å²) in [5.41, 5.74) is 0.464. The van der Waals surface area contributed by atoms with E-state index in [-0.39, 0.29) is 11.3 Å². The molecule has 0 saturated carbocycles. The van der Waals surface area contributed by atoms with Gasteiger partial charge in [0.15, 0.2) is 0 Å². The van der Waals surface area contributed by atoms with Crippen LogP contribution >= 0.6 is 0 Å². The summed E-state index contributed by atoms with van der Waals surface area (Å²) in [6, 6.07) is 9.70. The number of furan rings is 1. The lowest BCUT2D eigenvalue weighted by Crippen LogP contribution is -2.38. The van der Waals surface area contributed by atoms with E-state index in [2.05, 4.69) is 4.90 Å². The number of aliphatic hydroxyl groups is 1. The quantitative estimate of drug-likeness (QED) is 0.342. The fourth-order valence-corrected chi connectivity index (χ4v) is 4.40. The van der Waals surface area contributed by atoms with Crippen molar-refractivity contribution < 1.29 is 28.6 Å². The van der Waals surface area contributed by atoms with Crippen LogP contribution in [0, 0.1) is 6.92 Å². The van der Waals surface area contributed by atoms with Gasteiger partial charge < -0.3 is 23.9 Å². The zero-order chi connectivity index (χ0) is 24.1. The van der Waals surface area contributed by atoms with E-state index >= 15 is 0 Å². The highest BCUT2D eigenvalue weighted by molar-refractivity contribution is 6.46. The van der Waals surface area contributed by atoms with Gasteiger partial charge in [0.1, 0.15) is 29.1 Å². The summed E-state index contributed by atoms with van der Waals surface area (Å²) in [7, 11) is 0. The second-order valence-corrected chi connectivity index (χ2v) is 8.62. The van der Waals surface area contributed by atoms with Gasteiger partial charge in [-0.05, 0) is 44.0 Å². The molecule has 3 heterocycles. The van der Waals surface area contributed by atoms with Crippen molar-refractivity contribution in [1.29, 1.82) is 0 Å². The third-order valence-electron chi connectivity index (χ3n) is 6.13. The van der Waals surface area contributed by atoms with E-state index in [9.17, 15) is 14.7 Å². The van der Waals surface area contributed by atoms with Crippen LogP contribution in [0.3, 0.4) is 0 Å². The number of aliphatic hydroxyl groups excluding tert-OH is 1. The predicted octanol–water partition coefficient (Wildman–Crippen LogP) is 3.52. The summed E-state index contributed by atoms with van der Waals surface area (Å²) < 4.78 is 16.9. The lowest BCUT2D eigenvalue weighted by Gasteiger charge is -2.28. The van der Waals surface area contributed by atoms with Crippen LogP contribution in [0.1, 0.15) is 42.9 Å². The first kappa shape index (κ1) is 24.0. The Bertz CT molecular complexity index is 1050. The second-order valence-electron chi connectivity index (χ2n) is 8.62. The number of amides is 1. The number of likely N-dealkylation sites (tertiary alicyclic amines) is 1. The molecule has 2 aliphatic rings. The van der Waals surface area contributed by atoms with Crippen LogP contribution in [0.4, 0.5) is 0 Å². The maximum absolute atomic E-state index is 13.1. The number of hydrogen-bond acceptors (Lipinski definition) is 7. The van der Waals surface area contributed by atoms with E-state index in [0.717, 1.165) is 26.1 Å². The molecule has 0 bridgehead atoms. The minimum absolute atomic E-state index is 0.0402. The Labute approximate surface area is 199 Å². The normalized spacial score (nSPS) is 20.8. The van der Waals surface area contributed by atoms with Crippen molar-refractivity contribution in [3.8, 4) is 5.75 Å². The summed E-state index contributed by atoms with van der Waals surface area (Å²) in [6.45, 7) is 8.66. The van der Waals surface area contributed by atoms with Gasteiger partial charge in [0, 0.05) is 31.7 Å². The summed E-state index contributed by atoms with van der Waals surface area (Å²) in [5.74, 6) is 0.168. The molecule has 0 spiro atoms. The van der Waals surface area contributed by atoms with Crippen molar-refractivity contribution in [1.82, 2.24) is 9.80 Å². The van der Waals surface area contributed by atoms with E-state index in [1.54, 1.807) is 36.4 Å². The van der Waals surface area contributed by atoms with Gasteiger partial charge in [0.2, 0.25) is 0 Å². The van der Waals surface area contributed by atoms with Crippen LogP contribution < -0.4 is 4.74 Å². The topological polar surface area (TPSA) is 92.5 Å². The molecule has 8 heteroatoms. The second kappa shape index (κ2) is 10.9. The van der Waals surface area contributed by atoms with Crippen LogP contribution in [0.5, 0.6) is 5.75 Å². The van der Waals surface area contributed by atoms with Crippen molar-refractivity contribution in [2.45, 2.75) is 32.7 Å². The number of Topliss-reactive ketones (excluding diaryl/α,β-unsaturated/α-hetero) is 1. The molecule has 1 N–H and O–H groups in total. The van der Waals surface area contributed by atoms with Gasteiger partial charge in [0.05, 0.1) is 25.4 Å². The zero-order valence-corrected chi connectivity index (χ0v) is 19.8. The molecule has 182 valence electrons. The van der Waals surface area contributed by atoms with Gasteiger partial charge in [-0.3, -0.25) is 14.5 Å². The zero-order valence-electron chi connectivity index (χ0n) is 19.8. The van der Waals surface area contributed by atoms with E-state index in [1.807, 2.05) is 13.8 Å². The van der Waals surface area contributed by atoms with E-state index in [1.165, 1.54) is 4.90 Å². The largest absolute Gasteiger partial charge is 0.507 e. The first-order valence-electron chi connectivity index (χ1n) is 11.9. The summed E-state index contributed by atoms with van der Waals surface area (Å²) in [5, 5.41) is 11.2. The number of carbonyl (C=O) groups excluding carboxylic acids is 2. The molecular formula is C26H32N2O6. The maximum atomic E-state index is 13.1.